The molecule has 0 amide bonds. The normalized spacial score (nSPS) is 10.4. The van der Waals surface area contributed by atoms with E-state index < -0.39 is 0 Å². The summed E-state index contributed by atoms with van der Waals surface area (Å²) in [7, 11) is 0. The molecule has 0 bridgehead atoms. The van der Waals surface area contributed by atoms with E-state index in [2.05, 4.69) is 21.8 Å². The molecule has 4 nitrogen and oxygen atoms in total. The number of hydrogen-bond donors (Lipinski definition) is 1. The third kappa shape index (κ3) is 3.98. The molecule has 0 aliphatic carbocycles. The Labute approximate surface area is 131 Å². The average Bonchev–Trinajstić information content (AvgIpc) is 2.44. The number of aryl methyl sites for hydroxylation is 2. The van der Waals surface area contributed by atoms with Gasteiger partial charge in [0.2, 0.25) is 0 Å². The van der Waals surface area contributed by atoms with Crippen molar-refractivity contribution < 1.29 is 0 Å². The minimum atomic E-state index is 0.395. The second-order valence-corrected chi connectivity index (χ2v) is 5.44. The van der Waals surface area contributed by atoms with Crippen molar-refractivity contribution in [2.45, 2.75) is 27.3 Å². The molecule has 2 aromatic heterocycles. The van der Waals surface area contributed by atoms with Gasteiger partial charge in [-0.3, -0.25) is 4.98 Å². The number of anilines is 1. The Morgan fingerprint density at radius 3 is 2.57 bits per heavy atom. The van der Waals surface area contributed by atoms with E-state index in [9.17, 15) is 0 Å². The summed E-state index contributed by atoms with van der Waals surface area (Å²) in [5.41, 5.74) is 9.54. The number of nitrogens with two attached hydrogens (primary N) is 1. The average molecular weight is 300 g/mol. The number of aromatic nitrogens is 2. The van der Waals surface area contributed by atoms with E-state index >= 15 is 0 Å². The molecule has 2 aromatic rings. The highest BCUT2D eigenvalue weighted by atomic mass is 32.1. The van der Waals surface area contributed by atoms with Gasteiger partial charge in [0.1, 0.15) is 10.8 Å². The molecule has 110 valence electrons. The Morgan fingerprint density at radius 2 is 1.95 bits per heavy atom. The number of thiocarbonyl (C=S) groups is 1. The monoisotopic (exact) mass is 300 g/mol. The number of pyridine rings is 2. The predicted molar refractivity (Wildman–Crippen MR) is 90.6 cm³/mol. The number of hydrogen-bond acceptors (Lipinski definition) is 4. The first-order valence-electron chi connectivity index (χ1n) is 6.95. The molecule has 0 saturated carbocycles. The van der Waals surface area contributed by atoms with Gasteiger partial charge in [0.25, 0.3) is 0 Å². The zero-order valence-electron chi connectivity index (χ0n) is 12.6. The van der Waals surface area contributed by atoms with E-state index in [1.54, 1.807) is 0 Å². The summed E-state index contributed by atoms with van der Waals surface area (Å²) in [5, 5.41) is 0. The minimum absolute atomic E-state index is 0.395. The lowest BCUT2D eigenvalue weighted by Crippen LogP contribution is -2.24. The van der Waals surface area contributed by atoms with Crippen LogP contribution in [0.15, 0.2) is 30.3 Å². The Hall–Kier alpha value is -2.01. The molecule has 0 unspecified atom stereocenters. The van der Waals surface area contributed by atoms with Crippen molar-refractivity contribution >= 4 is 23.0 Å². The first-order chi connectivity index (χ1) is 9.99. The van der Waals surface area contributed by atoms with Crippen molar-refractivity contribution in [1.82, 2.24) is 9.97 Å². The van der Waals surface area contributed by atoms with Crippen LogP contribution in [0.5, 0.6) is 0 Å². The lowest BCUT2D eigenvalue weighted by Gasteiger charge is -2.22. The van der Waals surface area contributed by atoms with Crippen LogP contribution >= 0.6 is 12.2 Å². The fourth-order valence-corrected chi connectivity index (χ4v) is 2.31. The van der Waals surface area contributed by atoms with Gasteiger partial charge in [-0.15, -0.1) is 0 Å². The first kappa shape index (κ1) is 15.4. The second-order valence-electron chi connectivity index (χ2n) is 5.00. The smallest absolute Gasteiger partial charge is 0.129 e. The third-order valence-corrected chi connectivity index (χ3v) is 3.46. The summed E-state index contributed by atoms with van der Waals surface area (Å²) < 4.78 is 0. The highest BCUT2D eigenvalue weighted by Gasteiger charge is 2.10. The maximum absolute atomic E-state index is 5.74. The van der Waals surface area contributed by atoms with Gasteiger partial charge >= 0.3 is 0 Å². The van der Waals surface area contributed by atoms with Crippen molar-refractivity contribution in [3.8, 4) is 0 Å². The van der Waals surface area contributed by atoms with Crippen LogP contribution in [0, 0.1) is 13.8 Å². The fourth-order valence-electron chi connectivity index (χ4n) is 2.19. The van der Waals surface area contributed by atoms with Gasteiger partial charge in [0.05, 0.1) is 12.2 Å². The Kier molecular flexibility index (Phi) is 4.85. The van der Waals surface area contributed by atoms with Gasteiger partial charge in [-0.05, 0) is 45.0 Å². The first-order valence-corrected chi connectivity index (χ1v) is 7.36. The third-order valence-electron chi connectivity index (χ3n) is 3.23. The van der Waals surface area contributed by atoms with Gasteiger partial charge in [0, 0.05) is 23.5 Å². The molecule has 2 N–H and O–H groups in total. The van der Waals surface area contributed by atoms with Crippen LogP contribution in [0.25, 0.3) is 0 Å². The quantitative estimate of drug-likeness (QED) is 0.861. The molecule has 0 aliphatic rings. The zero-order chi connectivity index (χ0) is 15.4. The fraction of sp³-hybridized carbons (Fsp3) is 0.312. The van der Waals surface area contributed by atoms with Crippen LogP contribution in [0.4, 0.5) is 5.82 Å². The summed E-state index contributed by atoms with van der Waals surface area (Å²) in [6.45, 7) is 7.59. The molecule has 0 aliphatic heterocycles. The molecule has 0 spiro atoms. The number of nitrogens with zero attached hydrogens (tertiary/aromatic N) is 3. The zero-order valence-corrected chi connectivity index (χ0v) is 13.4. The van der Waals surface area contributed by atoms with Crippen LogP contribution in [0.1, 0.15) is 29.6 Å². The molecule has 0 atom stereocenters. The molecular formula is C16H20N4S. The largest absolute Gasteiger partial charge is 0.389 e. The Bertz CT molecular complexity index is 654. The topological polar surface area (TPSA) is 55.0 Å². The molecule has 0 radical (unpaired) electrons. The van der Waals surface area contributed by atoms with E-state index in [4.69, 9.17) is 18.0 Å². The molecule has 21 heavy (non-hydrogen) atoms. The lowest BCUT2D eigenvalue weighted by molar-refractivity contribution is 0.788. The van der Waals surface area contributed by atoms with E-state index in [0.717, 1.165) is 35.0 Å². The summed E-state index contributed by atoms with van der Waals surface area (Å²) in [6.07, 6.45) is 0. The molecule has 0 aromatic carbocycles. The van der Waals surface area contributed by atoms with Crippen LogP contribution in [0.3, 0.4) is 0 Å². The SMILES string of the molecule is CCN(Cc1cccc(C)n1)c1cc(C(N)=S)cc(C)n1. The van der Waals surface area contributed by atoms with E-state index in [1.165, 1.54) is 0 Å². The van der Waals surface area contributed by atoms with Gasteiger partial charge in [-0.2, -0.15) is 0 Å². The summed E-state index contributed by atoms with van der Waals surface area (Å²) in [6, 6.07) is 9.89. The van der Waals surface area contributed by atoms with Gasteiger partial charge < -0.3 is 10.6 Å². The minimum Gasteiger partial charge on any atom is -0.389 e. The molecule has 2 rings (SSSR count). The highest BCUT2D eigenvalue weighted by molar-refractivity contribution is 7.80. The van der Waals surface area contributed by atoms with Crippen molar-refractivity contribution in [3.05, 3.63) is 53.0 Å². The maximum Gasteiger partial charge on any atom is 0.129 e. The molecule has 0 fully saturated rings. The van der Waals surface area contributed by atoms with Gasteiger partial charge in [-0.1, -0.05) is 18.3 Å². The molecular weight excluding hydrogens is 280 g/mol. The summed E-state index contributed by atoms with van der Waals surface area (Å²) in [4.78, 5) is 11.7. The molecule has 5 heteroatoms. The lowest BCUT2D eigenvalue weighted by atomic mass is 10.2. The maximum atomic E-state index is 5.74. The molecule has 2 heterocycles. The summed E-state index contributed by atoms with van der Waals surface area (Å²) in [5.74, 6) is 0.878. The van der Waals surface area contributed by atoms with E-state index in [1.807, 2.05) is 44.2 Å². The standard InChI is InChI=1S/C16H20N4S/c1-4-20(10-14-7-5-6-11(2)18-14)15-9-13(16(17)21)8-12(3)19-15/h5-9H,4,10H2,1-3H3,(H2,17,21). The summed E-state index contributed by atoms with van der Waals surface area (Å²) >= 11 is 5.07. The van der Waals surface area contributed by atoms with Crippen molar-refractivity contribution in [1.29, 1.82) is 0 Å². The highest BCUT2D eigenvalue weighted by Crippen LogP contribution is 2.17. The van der Waals surface area contributed by atoms with Crippen molar-refractivity contribution in [2.24, 2.45) is 5.73 Å². The van der Waals surface area contributed by atoms with Gasteiger partial charge in [0.15, 0.2) is 0 Å². The Morgan fingerprint density at radius 1 is 1.19 bits per heavy atom. The Balaban J connectivity index is 2.31. The van der Waals surface area contributed by atoms with E-state index in [0.29, 0.717) is 11.5 Å². The molecule has 0 saturated heterocycles. The van der Waals surface area contributed by atoms with Crippen LogP contribution in [-0.4, -0.2) is 21.5 Å². The number of rotatable bonds is 5. The van der Waals surface area contributed by atoms with Crippen molar-refractivity contribution in [2.75, 3.05) is 11.4 Å². The van der Waals surface area contributed by atoms with Crippen LogP contribution in [-0.2, 0) is 6.54 Å². The van der Waals surface area contributed by atoms with Crippen LogP contribution in [0.2, 0.25) is 0 Å². The predicted octanol–water partition coefficient (Wildman–Crippen LogP) is 2.75. The van der Waals surface area contributed by atoms with Crippen molar-refractivity contribution in [3.63, 3.8) is 0 Å². The van der Waals surface area contributed by atoms with Gasteiger partial charge in [-0.25, -0.2) is 4.98 Å². The van der Waals surface area contributed by atoms with E-state index in [-0.39, 0.29) is 0 Å². The van der Waals surface area contributed by atoms with Crippen LogP contribution < -0.4 is 10.6 Å². The second kappa shape index (κ2) is 6.63.